The highest BCUT2D eigenvalue weighted by Gasteiger charge is 2.18. The molecule has 1 aromatic rings. The molecule has 4 nitrogen and oxygen atoms in total. The number of hydrogen-bond donors (Lipinski definition) is 2. The number of nitrogens with one attached hydrogen (secondary N) is 1. The van der Waals surface area contributed by atoms with Crippen molar-refractivity contribution in [2.45, 2.75) is 36.6 Å². The zero-order valence-corrected chi connectivity index (χ0v) is 12.1. The maximum atomic E-state index is 11.4. The molecule has 2 unspecified atom stereocenters. The molecule has 0 radical (unpaired) electrons. The van der Waals surface area contributed by atoms with E-state index in [0.717, 1.165) is 25.1 Å². The third-order valence-corrected chi connectivity index (χ3v) is 4.83. The number of rotatable bonds is 4. The van der Waals surface area contributed by atoms with Gasteiger partial charge in [-0.2, -0.15) is 0 Å². The van der Waals surface area contributed by atoms with Gasteiger partial charge in [0.25, 0.3) is 0 Å². The normalized spacial score (nSPS) is 24.1. The van der Waals surface area contributed by atoms with Gasteiger partial charge in [0.1, 0.15) is 0 Å². The minimum Gasteiger partial charge on any atom is -0.385 e. The number of hydrogen-bond acceptors (Lipinski definition) is 4. The van der Waals surface area contributed by atoms with Gasteiger partial charge in [-0.05, 0) is 49.4 Å². The smallest absolute Gasteiger partial charge is 0.175 e. The Kier molecular flexibility index (Phi) is 4.47. The van der Waals surface area contributed by atoms with Crippen LogP contribution in [0.1, 0.15) is 25.7 Å². The highest BCUT2D eigenvalue weighted by molar-refractivity contribution is 7.90. The molecule has 0 aliphatic heterocycles. The van der Waals surface area contributed by atoms with Crippen molar-refractivity contribution in [3.8, 4) is 0 Å². The Morgan fingerprint density at radius 3 is 2.53 bits per heavy atom. The van der Waals surface area contributed by atoms with Gasteiger partial charge in [0, 0.05) is 24.5 Å². The van der Waals surface area contributed by atoms with E-state index in [0.29, 0.717) is 16.9 Å². The first-order chi connectivity index (χ1) is 8.95. The number of benzene rings is 1. The molecule has 1 aliphatic carbocycles. The zero-order chi connectivity index (χ0) is 13.9. The van der Waals surface area contributed by atoms with E-state index < -0.39 is 9.84 Å². The second kappa shape index (κ2) is 5.92. The lowest BCUT2D eigenvalue weighted by molar-refractivity contribution is 0.335. The molecule has 5 heteroatoms. The molecule has 1 fully saturated rings. The fourth-order valence-corrected chi connectivity index (χ4v) is 3.23. The fourth-order valence-electron chi connectivity index (χ4n) is 2.60. The molecule has 106 valence electrons. The average Bonchev–Trinajstić information content (AvgIpc) is 2.36. The second-order valence-corrected chi connectivity index (χ2v) is 7.49. The number of nitrogens with two attached hydrogens (primary N) is 1. The topological polar surface area (TPSA) is 72.2 Å². The molecule has 3 N–H and O–H groups in total. The first-order valence-corrected chi connectivity index (χ1v) is 8.64. The molecule has 1 aliphatic rings. The quantitative estimate of drug-likeness (QED) is 0.886. The summed E-state index contributed by atoms with van der Waals surface area (Å²) in [4.78, 5) is 0.359. The average molecular weight is 282 g/mol. The predicted octanol–water partition coefficient (Wildman–Crippen LogP) is 2.02. The highest BCUT2D eigenvalue weighted by Crippen LogP contribution is 2.23. The lowest BCUT2D eigenvalue weighted by atomic mass is 9.86. The van der Waals surface area contributed by atoms with E-state index in [4.69, 9.17) is 5.73 Å². The Hall–Kier alpha value is -1.07. The van der Waals surface area contributed by atoms with Crippen LogP contribution in [0.3, 0.4) is 0 Å². The molecule has 0 saturated heterocycles. The molecule has 0 amide bonds. The van der Waals surface area contributed by atoms with E-state index in [9.17, 15) is 8.42 Å². The van der Waals surface area contributed by atoms with Crippen molar-refractivity contribution in [2.24, 2.45) is 11.7 Å². The van der Waals surface area contributed by atoms with Crippen LogP contribution in [0.5, 0.6) is 0 Å². The second-order valence-electron chi connectivity index (χ2n) is 5.47. The van der Waals surface area contributed by atoms with E-state index in [1.807, 2.05) is 12.1 Å². The van der Waals surface area contributed by atoms with Crippen molar-refractivity contribution in [1.82, 2.24) is 0 Å². The van der Waals surface area contributed by atoms with Crippen LogP contribution in [0.2, 0.25) is 0 Å². The lowest BCUT2D eigenvalue weighted by Gasteiger charge is -2.27. The van der Waals surface area contributed by atoms with Crippen molar-refractivity contribution in [3.63, 3.8) is 0 Å². The Balaban J connectivity index is 1.89. The highest BCUT2D eigenvalue weighted by atomic mass is 32.2. The molecule has 2 atom stereocenters. The first kappa shape index (κ1) is 14.3. The summed E-state index contributed by atoms with van der Waals surface area (Å²) in [6, 6.07) is 7.26. The maximum absolute atomic E-state index is 11.4. The van der Waals surface area contributed by atoms with Crippen LogP contribution in [0, 0.1) is 5.92 Å². The monoisotopic (exact) mass is 282 g/mol. The van der Waals surface area contributed by atoms with Crippen molar-refractivity contribution in [3.05, 3.63) is 24.3 Å². The Morgan fingerprint density at radius 2 is 1.95 bits per heavy atom. The lowest BCUT2D eigenvalue weighted by Crippen LogP contribution is -2.30. The van der Waals surface area contributed by atoms with Crippen molar-refractivity contribution < 1.29 is 8.42 Å². The van der Waals surface area contributed by atoms with Crippen LogP contribution in [0.25, 0.3) is 0 Å². The van der Waals surface area contributed by atoms with Gasteiger partial charge in [-0.15, -0.1) is 0 Å². The molecular formula is C14H22N2O2S. The van der Waals surface area contributed by atoms with Gasteiger partial charge in [0.2, 0.25) is 0 Å². The first-order valence-electron chi connectivity index (χ1n) is 6.75. The Labute approximate surface area is 115 Å². The van der Waals surface area contributed by atoms with Gasteiger partial charge in [-0.25, -0.2) is 8.42 Å². The minimum atomic E-state index is -3.11. The predicted molar refractivity (Wildman–Crippen MR) is 78.0 cm³/mol. The summed E-state index contributed by atoms with van der Waals surface area (Å²) < 4.78 is 22.7. The van der Waals surface area contributed by atoms with Crippen LogP contribution in [0.4, 0.5) is 5.69 Å². The summed E-state index contributed by atoms with van der Waals surface area (Å²) in [5.41, 5.74) is 6.93. The van der Waals surface area contributed by atoms with E-state index >= 15 is 0 Å². The Bertz CT molecular complexity index is 511. The SMILES string of the molecule is CS(=O)(=O)c1ccc(NCC2CCCC(N)C2)cc1. The van der Waals surface area contributed by atoms with Gasteiger partial charge >= 0.3 is 0 Å². The van der Waals surface area contributed by atoms with Crippen molar-refractivity contribution in [2.75, 3.05) is 18.1 Å². The van der Waals surface area contributed by atoms with Gasteiger partial charge in [-0.3, -0.25) is 0 Å². The van der Waals surface area contributed by atoms with Crippen LogP contribution in [0.15, 0.2) is 29.2 Å². The molecular weight excluding hydrogens is 260 g/mol. The largest absolute Gasteiger partial charge is 0.385 e. The van der Waals surface area contributed by atoms with Crippen molar-refractivity contribution in [1.29, 1.82) is 0 Å². The molecule has 2 rings (SSSR count). The van der Waals surface area contributed by atoms with E-state index in [1.165, 1.54) is 19.1 Å². The Morgan fingerprint density at radius 1 is 1.26 bits per heavy atom. The summed E-state index contributed by atoms with van der Waals surface area (Å²) in [7, 11) is -3.11. The van der Waals surface area contributed by atoms with Crippen LogP contribution in [-0.2, 0) is 9.84 Å². The molecule has 19 heavy (non-hydrogen) atoms. The summed E-state index contributed by atoms with van der Waals surface area (Å²) in [5, 5.41) is 3.36. The van der Waals surface area contributed by atoms with Crippen molar-refractivity contribution >= 4 is 15.5 Å². The summed E-state index contributed by atoms with van der Waals surface area (Å²) in [6.07, 6.45) is 5.87. The van der Waals surface area contributed by atoms with Gasteiger partial charge in [-0.1, -0.05) is 6.42 Å². The van der Waals surface area contributed by atoms with E-state index in [1.54, 1.807) is 12.1 Å². The van der Waals surface area contributed by atoms with Gasteiger partial charge in [0.05, 0.1) is 4.90 Å². The molecule has 0 aromatic heterocycles. The fraction of sp³-hybridized carbons (Fsp3) is 0.571. The number of anilines is 1. The molecule has 0 bridgehead atoms. The van der Waals surface area contributed by atoms with E-state index in [2.05, 4.69) is 5.32 Å². The van der Waals surface area contributed by atoms with Gasteiger partial charge < -0.3 is 11.1 Å². The maximum Gasteiger partial charge on any atom is 0.175 e. The van der Waals surface area contributed by atoms with Crippen LogP contribution in [-0.4, -0.2) is 27.3 Å². The summed E-state index contributed by atoms with van der Waals surface area (Å²) in [6.45, 7) is 0.909. The molecule has 1 saturated carbocycles. The molecule has 1 aromatic carbocycles. The molecule has 0 spiro atoms. The standard InChI is InChI=1S/C14H22N2O2S/c1-19(17,18)14-7-5-13(6-8-14)16-10-11-3-2-4-12(15)9-11/h5-8,11-12,16H,2-4,9-10,15H2,1H3. The summed E-state index contributed by atoms with van der Waals surface area (Å²) in [5.74, 6) is 0.623. The third-order valence-electron chi connectivity index (χ3n) is 3.70. The summed E-state index contributed by atoms with van der Waals surface area (Å²) >= 11 is 0. The number of sulfone groups is 1. The van der Waals surface area contributed by atoms with Gasteiger partial charge in [0.15, 0.2) is 9.84 Å². The zero-order valence-electron chi connectivity index (χ0n) is 11.3. The van der Waals surface area contributed by atoms with Crippen LogP contribution >= 0.6 is 0 Å². The third kappa shape index (κ3) is 4.21. The van der Waals surface area contributed by atoms with Crippen LogP contribution < -0.4 is 11.1 Å². The van der Waals surface area contributed by atoms with E-state index in [-0.39, 0.29) is 0 Å². The minimum absolute atomic E-state index is 0.341. The molecule has 0 heterocycles.